The van der Waals surface area contributed by atoms with E-state index in [1.165, 1.54) is 50.9 Å². The average molecular weight is 256 g/mol. The van der Waals surface area contributed by atoms with E-state index in [1.54, 1.807) is 11.1 Å². The third-order valence-electron chi connectivity index (χ3n) is 5.53. The molecule has 2 saturated heterocycles. The summed E-state index contributed by atoms with van der Waals surface area (Å²) in [6.45, 7) is 6.11. The van der Waals surface area contributed by atoms with Crippen LogP contribution >= 0.6 is 0 Å². The number of nitrogens with zero attached hydrogens (tertiary/aromatic N) is 1. The lowest BCUT2D eigenvalue weighted by molar-refractivity contribution is 0.0549. The van der Waals surface area contributed by atoms with E-state index in [9.17, 15) is 0 Å². The minimum absolute atomic E-state index is 0.678. The highest BCUT2D eigenvalue weighted by atomic mass is 15.2. The minimum Gasteiger partial charge on any atom is -0.314 e. The topological polar surface area (TPSA) is 15.3 Å². The van der Waals surface area contributed by atoms with E-state index < -0.39 is 0 Å². The molecule has 0 saturated carbocycles. The zero-order valence-electron chi connectivity index (χ0n) is 11.9. The maximum absolute atomic E-state index is 3.78. The number of rotatable bonds is 0. The van der Waals surface area contributed by atoms with Gasteiger partial charge in [0.05, 0.1) is 0 Å². The summed E-state index contributed by atoms with van der Waals surface area (Å²) in [7, 11) is 0. The third kappa shape index (κ3) is 1.93. The van der Waals surface area contributed by atoms with E-state index in [0.29, 0.717) is 6.04 Å². The Morgan fingerprint density at radius 1 is 1.32 bits per heavy atom. The SMILES string of the molecule is Cc1cccc2c1[C@@H]1C[C@@H]3NCCC[C@@H]3CN1CC2. The van der Waals surface area contributed by atoms with Crippen molar-refractivity contribution in [2.45, 2.75) is 44.7 Å². The molecule has 1 aromatic carbocycles. The van der Waals surface area contributed by atoms with Crippen LogP contribution in [0.3, 0.4) is 0 Å². The van der Waals surface area contributed by atoms with Crippen LogP contribution in [0.1, 0.15) is 42.0 Å². The fourth-order valence-electron chi connectivity index (χ4n) is 4.58. The van der Waals surface area contributed by atoms with Crippen molar-refractivity contribution >= 4 is 0 Å². The number of fused-ring (bicyclic) bond motifs is 4. The summed E-state index contributed by atoms with van der Waals surface area (Å²) in [6.07, 6.45) is 5.37. The number of piperidine rings is 2. The molecule has 0 spiro atoms. The zero-order chi connectivity index (χ0) is 12.8. The van der Waals surface area contributed by atoms with Crippen molar-refractivity contribution in [3.8, 4) is 0 Å². The van der Waals surface area contributed by atoms with Gasteiger partial charge in [0, 0.05) is 25.2 Å². The molecule has 0 aromatic heterocycles. The van der Waals surface area contributed by atoms with E-state index >= 15 is 0 Å². The van der Waals surface area contributed by atoms with Crippen LogP contribution in [0.4, 0.5) is 0 Å². The molecule has 0 amide bonds. The molecule has 2 nitrogen and oxygen atoms in total. The van der Waals surface area contributed by atoms with Gasteiger partial charge in [-0.2, -0.15) is 0 Å². The maximum Gasteiger partial charge on any atom is 0.0368 e. The Labute approximate surface area is 116 Å². The van der Waals surface area contributed by atoms with Gasteiger partial charge >= 0.3 is 0 Å². The molecule has 0 radical (unpaired) electrons. The van der Waals surface area contributed by atoms with Crippen LogP contribution in [-0.4, -0.2) is 30.6 Å². The highest BCUT2D eigenvalue weighted by Crippen LogP contribution is 2.41. The molecule has 102 valence electrons. The van der Waals surface area contributed by atoms with Gasteiger partial charge in [-0.3, -0.25) is 4.90 Å². The second-order valence-corrected chi connectivity index (χ2v) is 6.61. The molecule has 1 aromatic rings. The Morgan fingerprint density at radius 2 is 2.26 bits per heavy atom. The van der Waals surface area contributed by atoms with Crippen molar-refractivity contribution in [3.05, 3.63) is 34.9 Å². The molecule has 3 heterocycles. The van der Waals surface area contributed by atoms with Gasteiger partial charge in [0.1, 0.15) is 0 Å². The van der Waals surface area contributed by atoms with Gasteiger partial charge in [0.25, 0.3) is 0 Å². The Bertz CT molecular complexity index is 482. The van der Waals surface area contributed by atoms with Crippen molar-refractivity contribution < 1.29 is 0 Å². The lowest BCUT2D eigenvalue weighted by Crippen LogP contribution is -2.54. The van der Waals surface area contributed by atoms with Gasteiger partial charge in [-0.1, -0.05) is 18.2 Å². The van der Waals surface area contributed by atoms with Gasteiger partial charge in [-0.05, 0) is 61.8 Å². The lowest BCUT2D eigenvalue weighted by Gasteiger charge is -2.49. The molecule has 0 aliphatic carbocycles. The van der Waals surface area contributed by atoms with E-state index in [2.05, 4.69) is 35.3 Å². The summed E-state index contributed by atoms with van der Waals surface area (Å²) in [5, 5.41) is 3.78. The molecule has 3 atom stereocenters. The molecule has 19 heavy (non-hydrogen) atoms. The fourth-order valence-corrected chi connectivity index (χ4v) is 4.58. The van der Waals surface area contributed by atoms with Crippen molar-refractivity contribution in [3.63, 3.8) is 0 Å². The van der Waals surface area contributed by atoms with E-state index in [4.69, 9.17) is 0 Å². The maximum atomic E-state index is 3.78. The Hall–Kier alpha value is -0.860. The third-order valence-corrected chi connectivity index (χ3v) is 5.53. The summed E-state index contributed by atoms with van der Waals surface area (Å²) in [5.74, 6) is 0.899. The molecule has 3 aliphatic rings. The molecule has 0 unspecified atom stereocenters. The summed E-state index contributed by atoms with van der Waals surface area (Å²) in [6, 6.07) is 8.31. The van der Waals surface area contributed by atoms with Crippen LogP contribution in [-0.2, 0) is 6.42 Å². The highest BCUT2D eigenvalue weighted by Gasteiger charge is 2.39. The van der Waals surface area contributed by atoms with Crippen LogP contribution < -0.4 is 5.32 Å². The van der Waals surface area contributed by atoms with Crippen molar-refractivity contribution in [1.29, 1.82) is 0 Å². The molecular formula is C17H24N2. The molecule has 2 heteroatoms. The van der Waals surface area contributed by atoms with Crippen molar-refractivity contribution in [2.75, 3.05) is 19.6 Å². The second kappa shape index (κ2) is 4.60. The van der Waals surface area contributed by atoms with Crippen molar-refractivity contribution in [2.24, 2.45) is 5.92 Å². The van der Waals surface area contributed by atoms with E-state index in [1.807, 2.05) is 0 Å². The van der Waals surface area contributed by atoms with E-state index in [-0.39, 0.29) is 0 Å². The molecule has 0 bridgehead atoms. The van der Waals surface area contributed by atoms with Crippen LogP contribution in [0.25, 0.3) is 0 Å². The highest BCUT2D eigenvalue weighted by molar-refractivity contribution is 5.39. The quantitative estimate of drug-likeness (QED) is 0.768. The van der Waals surface area contributed by atoms with Gasteiger partial charge < -0.3 is 5.32 Å². The first-order valence-electron chi connectivity index (χ1n) is 7.89. The molecule has 2 fully saturated rings. The van der Waals surface area contributed by atoms with Gasteiger partial charge in [0.15, 0.2) is 0 Å². The van der Waals surface area contributed by atoms with Gasteiger partial charge in [-0.15, -0.1) is 0 Å². The van der Waals surface area contributed by atoms with Crippen LogP contribution in [0.2, 0.25) is 0 Å². The zero-order valence-corrected chi connectivity index (χ0v) is 11.9. The summed E-state index contributed by atoms with van der Waals surface area (Å²) < 4.78 is 0. The number of hydrogen-bond donors (Lipinski definition) is 1. The minimum atomic E-state index is 0.678. The van der Waals surface area contributed by atoms with Crippen LogP contribution in [0, 0.1) is 12.8 Å². The monoisotopic (exact) mass is 256 g/mol. The lowest BCUT2D eigenvalue weighted by atomic mass is 9.76. The normalized spacial score (nSPS) is 34.3. The number of benzene rings is 1. The van der Waals surface area contributed by atoms with Gasteiger partial charge in [0.2, 0.25) is 0 Å². The van der Waals surface area contributed by atoms with Crippen molar-refractivity contribution in [1.82, 2.24) is 10.2 Å². The summed E-state index contributed by atoms with van der Waals surface area (Å²) >= 11 is 0. The summed E-state index contributed by atoms with van der Waals surface area (Å²) in [5.41, 5.74) is 4.76. The summed E-state index contributed by atoms with van der Waals surface area (Å²) in [4.78, 5) is 2.77. The molecule has 3 aliphatic heterocycles. The number of nitrogens with one attached hydrogen (secondary N) is 1. The molecule has 4 rings (SSSR count). The second-order valence-electron chi connectivity index (χ2n) is 6.61. The fraction of sp³-hybridized carbons (Fsp3) is 0.647. The Balaban J connectivity index is 1.68. The van der Waals surface area contributed by atoms with Gasteiger partial charge in [-0.25, -0.2) is 0 Å². The van der Waals surface area contributed by atoms with Crippen LogP contribution in [0.15, 0.2) is 18.2 Å². The Kier molecular flexibility index (Phi) is 2.89. The predicted molar refractivity (Wildman–Crippen MR) is 78.3 cm³/mol. The first-order chi connectivity index (χ1) is 9.33. The first-order valence-corrected chi connectivity index (χ1v) is 7.89. The average Bonchev–Trinajstić information content (AvgIpc) is 2.45. The molecular weight excluding hydrogens is 232 g/mol. The smallest absolute Gasteiger partial charge is 0.0368 e. The number of aryl methyl sites for hydroxylation is 1. The number of hydrogen-bond acceptors (Lipinski definition) is 2. The largest absolute Gasteiger partial charge is 0.314 e. The molecule has 1 N–H and O–H groups in total. The predicted octanol–water partition coefficient (Wildman–Crippen LogP) is 2.67. The first kappa shape index (κ1) is 11.9. The Morgan fingerprint density at radius 3 is 3.21 bits per heavy atom. The standard InChI is InChI=1S/C17H24N2/c1-12-4-2-5-13-7-9-19-11-14-6-3-8-18-15(14)10-16(19)17(12)13/h2,4-5,14-16,18H,3,6-11H2,1H3/t14-,15+,16+/m1/s1. The van der Waals surface area contributed by atoms with E-state index in [0.717, 1.165) is 12.0 Å². The van der Waals surface area contributed by atoms with Crippen LogP contribution in [0.5, 0.6) is 0 Å².